The largest absolute Gasteiger partial charge is 0.481 e. The first kappa shape index (κ1) is 26.7. The first-order valence-corrected chi connectivity index (χ1v) is 13.2. The van der Waals surface area contributed by atoms with E-state index < -0.39 is 5.97 Å². The van der Waals surface area contributed by atoms with Crippen molar-refractivity contribution in [3.63, 3.8) is 0 Å². The van der Waals surface area contributed by atoms with Crippen molar-refractivity contribution in [2.45, 2.75) is 78.2 Å². The van der Waals surface area contributed by atoms with E-state index in [-0.39, 0.29) is 12.3 Å². The third-order valence-electron chi connectivity index (χ3n) is 7.86. The monoisotopic (exact) mass is 504 g/mol. The Morgan fingerprint density at radius 1 is 1.16 bits per heavy atom. The van der Waals surface area contributed by atoms with E-state index in [1.807, 2.05) is 36.7 Å². The molecule has 0 spiro atoms. The van der Waals surface area contributed by atoms with Gasteiger partial charge >= 0.3 is 5.97 Å². The van der Waals surface area contributed by atoms with Gasteiger partial charge in [0, 0.05) is 19.4 Å². The highest BCUT2D eigenvalue weighted by atomic mass is 16.4. The summed E-state index contributed by atoms with van der Waals surface area (Å²) in [6.45, 7) is 6.61. The molecule has 8 nitrogen and oxygen atoms in total. The van der Waals surface area contributed by atoms with Crippen molar-refractivity contribution >= 4 is 17.3 Å². The Hall–Kier alpha value is -3.39. The van der Waals surface area contributed by atoms with Gasteiger partial charge in [-0.1, -0.05) is 56.4 Å². The number of nitrogen functional groups attached to an aromatic ring is 1. The third-order valence-corrected chi connectivity index (χ3v) is 7.86. The minimum Gasteiger partial charge on any atom is -0.481 e. The summed E-state index contributed by atoms with van der Waals surface area (Å²) in [7, 11) is 1.73. The molecular formula is C29H40N6O2. The quantitative estimate of drug-likeness (QED) is 0.216. The zero-order chi connectivity index (χ0) is 26.7. The predicted molar refractivity (Wildman–Crippen MR) is 148 cm³/mol. The van der Waals surface area contributed by atoms with Gasteiger partial charge in [-0.3, -0.25) is 4.79 Å². The highest BCUT2D eigenvalue weighted by Gasteiger charge is 2.23. The van der Waals surface area contributed by atoms with Crippen LogP contribution in [0.4, 0.5) is 11.4 Å². The molecule has 1 aliphatic carbocycles. The van der Waals surface area contributed by atoms with Gasteiger partial charge in [-0.2, -0.15) is 5.10 Å². The maximum Gasteiger partial charge on any atom is 0.304 e. The van der Waals surface area contributed by atoms with E-state index in [1.165, 1.54) is 37.1 Å². The predicted octanol–water partition coefficient (Wildman–Crippen LogP) is 4.87. The van der Waals surface area contributed by atoms with Crippen molar-refractivity contribution in [2.75, 3.05) is 17.8 Å². The third kappa shape index (κ3) is 6.13. The number of aryl methyl sites for hydroxylation is 2. The SMILES string of the molecule is Cc1ccc(C(CC(=O)O)c2ccc(N(C)N)c(N)c2C)cc1Cn1nc(CC2CCCCC2)nc1C. The Kier molecular flexibility index (Phi) is 8.17. The minimum atomic E-state index is -0.857. The standard InChI is InChI=1S/C29H40N6O2/c1-18-10-11-22(25(16-28(36)37)24-12-13-26(34(4)31)29(30)19(24)2)15-23(18)17-35-20(3)32-27(33-35)14-21-8-6-5-7-9-21/h10-13,15,21,25H,5-9,14,16-17,30-31H2,1-4H3,(H,36,37). The molecule has 0 saturated heterocycles. The molecule has 1 unspecified atom stereocenters. The first-order valence-electron chi connectivity index (χ1n) is 13.2. The Bertz CT molecular complexity index is 1260. The number of anilines is 2. The van der Waals surface area contributed by atoms with Crippen LogP contribution in [0.15, 0.2) is 30.3 Å². The molecule has 0 aliphatic heterocycles. The van der Waals surface area contributed by atoms with Crippen LogP contribution in [0.25, 0.3) is 0 Å². The number of carboxylic acid groups (broad SMARTS) is 1. The second kappa shape index (κ2) is 11.3. The molecule has 5 N–H and O–H groups in total. The van der Waals surface area contributed by atoms with Gasteiger partial charge in [-0.15, -0.1) is 0 Å². The number of aliphatic carboxylic acids is 1. The van der Waals surface area contributed by atoms with E-state index >= 15 is 0 Å². The van der Waals surface area contributed by atoms with Crippen molar-refractivity contribution in [2.24, 2.45) is 11.8 Å². The Morgan fingerprint density at radius 2 is 1.89 bits per heavy atom. The van der Waals surface area contributed by atoms with Gasteiger partial charge in [0.25, 0.3) is 0 Å². The molecule has 3 aromatic rings. The fourth-order valence-electron chi connectivity index (χ4n) is 5.60. The number of nitrogens with two attached hydrogens (primary N) is 2. The molecule has 8 heteroatoms. The summed E-state index contributed by atoms with van der Waals surface area (Å²) < 4.78 is 1.98. The van der Waals surface area contributed by atoms with Crippen molar-refractivity contribution in [3.8, 4) is 0 Å². The van der Waals surface area contributed by atoms with Crippen LogP contribution in [-0.2, 0) is 17.8 Å². The maximum atomic E-state index is 11.9. The van der Waals surface area contributed by atoms with E-state index in [0.717, 1.165) is 45.9 Å². The smallest absolute Gasteiger partial charge is 0.304 e. The number of benzene rings is 2. The lowest BCUT2D eigenvalue weighted by Gasteiger charge is -2.24. The molecule has 0 amide bonds. The molecular weight excluding hydrogens is 464 g/mol. The van der Waals surface area contributed by atoms with E-state index in [2.05, 4.69) is 19.1 Å². The second-order valence-corrected chi connectivity index (χ2v) is 10.6. The number of aromatic nitrogens is 3. The maximum absolute atomic E-state index is 11.9. The molecule has 0 bridgehead atoms. The molecule has 1 atom stereocenters. The van der Waals surface area contributed by atoms with E-state index in [9.17, 15) is 9.90 Å². The van der Waals surface area contributed by atoms with Crippen LogP contribution < -0.4 is 16.6 Å². The van der Waals surface area contributed by atoms with Crippen LogP contribution in [0.2, 0.25) is 0 Å². The van der Waals surface area contributed by atoms with E-state index in [0.29, 0.717) is 23.8 Å². The first-order chi connectivity index (χ1) is 17.6. The summed E-state index contributed by atoms with van der Waals surface area (Å²) in [6.07, 6.45) is 7.42. The minimum absolute atomic E-state index is 0.0333. The van der Waals surface area contributed by atoms with Crippen LogP contribution in [0.1, 0.15) is 83.9 Å². The van der Waals surface area contributed by atoms with E-state index in [4.69, 9.17) is 21.7 Å². The zero-order valence-electron chi connectivity index (χ0n) is 22.5. The van der Waals surface area contributed by atoms with Gasteiger partial charge in [0.1, 0.15) is 5.82 Å². The van der Waals surface area contributed by atoms with Gasteiger partial charge in [0.2, 0.25) is 0 Å². The normalized spacial score (nSPS) is 15.1. The number of hydrazine groups is 1. The number of carbonyl (C=O) groups is 1. The van der Waals surface area contributed by atoms with Gasteiger partial charge in [0.05, 0.1) is 24.3 Å². The topological polar surface area (TPSA) is 123 Å². The van der Waals surface area contributed by atoms with Crippen molar-refractivity contribution in [1.29, 1.82) is 0 Å². The number of carboxylic acids is 1. The van der Waals surface area contributed by atoms with Crippen LogP contribution in [0.5, 0.6) is 0 Å². The number of nitrogens with zero attached hydrogens (tertiary/aromatic N) is 4. The summed E-state index contributed by atoms with van der Waals surface area (Å²) in [4.78, 5) is 16.7. The van der Waals surface area contributed by atoms with Gasteiger partial charge < -0.3 is 15.8 Å². The Labute approximate surface area is 219 Å². The van der Waals surface area contributed by atoms with Crippen LogP contribution in [0, 0.1) is 26.7 Å². The van der Waals surface area contributed by atoms with Crippen LogP contribution >= 0.6 is 0 Å². The molecule has 1 saturated carbocycles. The molecule has 198 valence electrons. The van der Waals surface area contributed by atoms with Crippen molar-refractivity contribution in [1.82, 2.24) is 14.8 Å². The molecule has 37 heavy (non-hydrogen) atoms. The van der Waals surface area contributed by atoms with Gasteiger partial charge in [0.15, 0.2) is 5.82 Å². The van der Waals surface area contributed by atoms with Gasteiger partial charge in [-0.05, 0) is 60.6 Å². The summed E-state index contributed by atoms with van der Waals surface area (Å²) in [6, 6.07) is 10.00. The molecule has 4 rings (SSSR count). The average Bonchev–Trinajstić information content (AvgIpc) is 3.19. The van der Waals surface area contributed by atoms with E-state index in [1.54, 1.807) is 7.05 Å². The fourth-order valence-corrected chi connectivity index (χ4v) is 5.60. The molecule has 1 fully saturated rings. The van der Waals surface area contributed by atoms with Crippen molar-refractivity contribution in [3.05, 3.63) is 69.8 Å². The average molecular weight is 505 g/mol. The molecule has 0 radical (unpaired) electrons. The summed E-state index contributed by atoms with van der Waals surface area (Å²) in [5.41, 5.74) is 12.6. The fraction of sp³-hybridized carbons (Fsp3) is 0.483. The number of hydrogen-bond donors (Lipinski definition) is 3. The Morgan fingerprint density at radius 3 is 2.57 bits per heavy atom. The van der Waals surface area contributed by atoms with Crippen LogP contribution in [0.3, 0.4) is 0 Å². The van der Waals surface area contributed by atoms with Crippen molar-refractivity contribution < 1.29 is 9.90 Å². The molecule has 1 aromatic heterocycles. The molecule has 1 aliphatic rings. The Balaban J connectivity index is 1.64. The highest BCUT2D eigenvalue weighted by molar-refractivity contribution is 5.74. The lowest BCUT2D eigenvalue weighted by Crippen LogP contribution is -2.26. The molecule has 1 heterocycles. The summed E-state index contributed by atoms with van der Waals surface area (Å²) in [5.74, 6) is 7.25. The van der Waals surface area contributed by atoms with Gasteiger partial charge in [-0.25, -0.2) is 15.5 Å². The number of hydrogen-bond acceptors (Lipinski definition) is 6. The second-order valence-electron chi connectivity index (χ2n) is 10.6. The lowest BCUT2D eigenvalue weighted by molar-refractivity contribution is -0.137. The summed E-state index contributed by atoms with van der Waals surface area (Å²) in [5, 5.41) is 16.1. The highest BCUT2D eigenvalue weighted by Crippen LogP contribution is 2.37. The van der Waals surface area contributed by atoms with Crippen LogP contribution in [-0.4, -0.2) is 32.9 Å². The summed E-state index contributed by atoms with van der Waals surface area (Å²) >= 11 is 0. The number of rotatable bonds is 9. The molecule has 2 aromatic carbocycles. The zero-order valence-corrected chi connectivity index (χ0v) is 22.5. The lowest BCUT2D eigenvalue weighted by atomic mass is 9.84.